The van der Waals surface area contributed by atoms with Crippen LogP contribution in [0, 0.1) is 0 Å². The number of nitrogens with zero attached hydrogens (tertiary/aromatic N) is 2. The Balaban J connectivity index is 2.99. The first-order chi connectivity index (χ1) is 11.8. The van der Waals surface area contributed by atoms with E-state index >= 15 is 0 Å². The third kappa shape index (κ3) is 6.83. The summed E-state index contributed by atoms with van der Waals surface area (Å²) in [6, 6.07) is 0. The summed E-state index contributed by atoms with van der Waals surface area (Å²) in [5, 5.41) is 0. The summed E-state index contributed by atoms with van der Waals surface area (Å²) in [6.07, 6.45) is 2.72. The Morgan fingerprint density at radius 2 is 1.48 bits per heavy atom. The molecule has 1 aliphatic heterocycles. The minimum atomic E-state index is -4.02. The van der Waals surface area contributed by atoms with E-state index in [1.165, 1.54) is 0 Å². The van der Waals surface area contributed by atoms with Crippen molar-refractivity contribution in [2.45, 2.75) is 97.5 Å². The van der Waals surface area contributed by atoms with Crippen LogP contribution in [-0.4, -0.2) is 46.8 Å². The molecule has 0 aromatic heterocycles. The first-order valence-corrected chi connectivity index (χ1v) is 17.1. The Hall–Kier alpha value is -0.141. The molecule has 0 aliphatic carbocycles. The van der Waals surface area contributed by atoms with Crippen LogP contribution in [0.1, 0.15) is 65.7 Å². The van der Waals surface area contributed by atoms with E-state index in [0.29, 0.717) is 0 Å². The number of alkyl halides is 4. The molecule has 1 atom stereocenters. The van der Waals surface area contributed by atoms with Crippen molar-refractivity contribution in [1.29, 1.82) is 0 Å². The molecule has 0 aromatic carbocycles. The van der Waals surface area contributed by atoms with Gasteiger partial charge in [-0.15, -0.1) is 0 Å². The average molecular weight is 471 g/mol. The van der Waals surface area contributed by atoms with Gasteiger partial charge in [0.25, 0.3) is 0 Å². The predicted molar refractivity (Wildman–Crippen MR) is 100 cm³/mol. The molecule has 7 heteroatoms. The molecule has 1 rings (SSSR count). The van der Waals surface area contributed by atoms with E-state index in [4.69, 9.17) is 0 Å². The van der Waals surface area contributed by atoms with Gasteiger partial charge in [-0.2, -0.15) is 0 Å². The molecule has 146 valence electrons. The zero-order valence-corrected chi connectivity index (χ0v) is 18.6. The Labute approximate surface area is 153 Å². The average Bonchev–Trinajstić information content (AvgIpc) is 3.02. The number of rotatable bonds is 13. The Morgan fingerprint density at radius 1 is 1.00 bits per heavy atom. The van der Waals surface area contributed by atoms with Gasteiger partial charge in [0.2, 0.25) is 0 Å². The van der Waals surface area contributed by atoms with Crippen molar-refractivity contribution in [3.05, 3.63) is 0 Å². The van der Waals surface area contributed by atoms with Crippen molar-refractivity contribution in [3.63, 3.8) is 0 Å². The van der Waals surface area contributed by atoms with Gasteiger partial charge in [0.15, 0.2) is 0 Å². The van der Waals surface area contributed by atoms with Crippen molar-refractivity contribution >= 4 is 28.3 Å². The van der Waals surface area contributed by atoms with Gasteiger partial charge in [-0.1, -0.05) is 0 Å². The van der Waals surface area contributed by atoms with E-state index in [-0.39, 0.29) is 0 Å². The Morgan fingerprint density at radius 3 is 1.88 bits per heavy atom. The summed E-state index contributed by atoms with van der Waals surface area (Å²) < 4.78 is 56.1. The zero-order valence-electron chi connectivity index (χ0n) is 15.7. The summed E-state index contributed by atoms with van der Waals surface area (Å²) in [6.45, 7) is 6.48. The van der Waals surface area contributed by atoms with E-state index in [1.807, 2.05) is 0 Å². The van der Waals surface area contributed by atoms with Crippen LogP contribution in [0.2, 0.25) is 13.3 Å². The van der Waals surface area contributed by atoms with E-state index < -0.39 is 43.3 Å². The molecule has 0 fully saturated rings. The second-order valence-corrected chi connectivity index (χ2v) is 20.2. The van der Waals surface area contributed by atoms with Crippen LogP contribution in [-0.2, 0) is 0 Å². The molecule has 0 saturated heterocycles. The molecule has 1 heterocycles. The van der Waals surface area contributed by atoms with Crippen LogP contribution >= 0.6 is 0 Å². The van der Waals surface area contributed by atoms with E-state index in [2.05, 4.69) is 30.8 Å². The fourth-order valence-electron chi connectivity index (χ4n) is 3.39. The van der Waals surface area contributed by atoms with E-state index in [1.54, 1.807) is 6.21 Å². The van der Waals surface area contributed by atoms with E-state index in [0.717, 1.165) is 55.6 Å². The molecule has 0 spiro atoms. The fraction of sp³-hybridized carbons (Fsp3) is 0.889. The first-order valence-electron chi connectivity index (χ1n) is 9.58. The van der Waals surface area contributed by atoms with Gasteiger partial charge in [-0.3, -0.25) is 0 Å². The minimum absolute atomic E-state index is 0.958. The zero-order chi connectivity index (χ0) is 18.9. The third-order valence-corrected chi connectivity index (χ3v) is 20.1. The van der Waals surface area contributed by atoms with Crippen LogP contribution in [0.25, 0.3) is 0 Å². The molecular formula is C18H32F4N2Sn. The molecule has 2 nitrogen and oxygen atoms in total. The number of halogens is 4. The monoisotopic (exact) mass is 472 g/mol. The van der Waals surface area contributed by atoms with E-state index in [9.17, 15) is 17.6 Å². The van der Waals surface area contributed by atoms with Gasteiger partial charge in [0, 0.05) is 0 Å². The normalized spacial score (nSPS) is 18.2. The molecule has 25 heavy (non-hydrogen) atoms. The van der Waals surface area contributed by atoms with Gasteiger partial charge in [0.05, 0.1) is 0 Å². The first kappa shape index (κ1) is 22.9. The van der Waals surface area contributed by atoms with Gasteiger partial charge < -0.3 is 0 Å². The number of hydrogen-bond donors (Lipinski definition) is 0. The van der Waals surface area contributed by atoms with Crippen LogP contribution in [0.15, 0.2) is 9.98 Å². The molecule has 1 aliphatic rings. The van der Waals surface area contributed by atoms with Crippen LogP contribution < -0.4 is 0 Å². The van der Waals surface area contributed by atoms with Crippen molar-refractivity contribution in [1.82, 2.24) is 0 Å². The maximum absolute atomic E-state index is 13.4. The summed E-state index contributed by atoms with van der Waals surface area (Å²) in [5.41, 5.74) is 0. The number of unbranched alkanes of at least 4 members (excludes halogenated alkanes) is 3. The predicted octanol–water partition coefficient (Wildman–Crippen LogP) is 6.52. The second-order valence-electron chi connectivity index (χ2n) is 7.13. The molecule has 0 saturated carbocycles. The summed E-state index contributed by atoms with van der Waals surface area (Å²) in [7, 11) is 0. The summed E-state index contributed by atoms with van der Waals surface area (Å²) >= 11 is -2.80. The van der Waals surface area contributed by atoms with Crippen molar-refractivity contribution in [3.8, 4) is 0 Å². The van der Waals surface area contributed by atoms with Crippen molar-refractivity contribution in [2.75, 3.05) is 0 Å². The fourth-order valence-corrected chi connectivity index (χ4v) is 18.8. The SMILES string of the molecule is CCC[CH2][Sn]([CH2]CCC)([CH2]CCC)[C]1=NC(CC(F)(F)C(F)F)N=C1. The summed E-state index contributed by atoms with van der Waals surface area (Å²) in [5.74, 6) is -4.02. The van der Waals surface area contributed by atoms with Gasteiger partial charge >= 0.3 is 153 Å². The van der Waals surface area contributed by atoms with Crippen molar-refractivity contribution in [2.24, 2.45) is 9.98 Å². The second kappa shape index (κ2) is 10.9. The van der Waals surface area contributed by atoms with Crippen LogP contribution in [0.4, 0.5) is 17.6 Å². The molecule has 1 unspecified atom stereocenters. The summed E-state index contributed by atoms with van der Waals surface area (Å²) in [4.78, 5) is 8.55. The third-order valence-electron chi connectivity index (χ3n) is 5.00. The maximum atomic E-state index is 13.4. The topological polar surface area (TPSA) is 24.7 Å². The molecule has 0 aromatic rings. The standard InChI is InChI=1S/C6H5F4N2.3C4H9.Sn/c7-5(8)6(9,10)3-4-11-1-2-12-4;3*1-3-4-2;/h1,4-5H,3H2;3*1,3-4H2,2H3;. The number of aliphatic imine (C=N–C) groups is 2. The quantitative estimate of drug-likeness (QED) is 0.216. The van der Waals surface area contributed by atoms with Crippen molar-refractivity contribution < 1.29 is 17.6 Å². The number of hydrogen-bond acceptors (Lipinski definition) is 2. The van der Waals surface area contributed by atoms with Crippen LogP contribution in [0.3, 0.4) is 0 Å². The molecule has 0 radical (unpaired) electrons. The molecule has 0 N–H and O–H groups in total. The molecule has 0 amide bonds. The molecular weight excluding hydrogens is 439 g/mol. The van der Waals surface area contributed by atoms with Gasteiger partial charge in [-0.25, -0.2) is 0 Å². The molecule has 0 bridgehead atoms. The van der Waals surface area contributed by atoms with Gasteiger partial charge in [0.1, 0.15) is 0 Å². The Kier molecular flexibility index (Phi) is 9.96. The Bertz CT molecular complexity index is 431. The van der Waals surface area contributed by atoms with Crippen LogP contribution in [0.5, 0.6) is 0 Å². The van der Waals surface area contributed by atoms with Gasteiger partial charge in [-0.05, 0) is 0 Å².